The zero-order valence-corrected chi connectivity index (χ0v) is 10.9. The summed E-state index contributed by atoms with van der Waals surface area (Å²) < 4.78 is 26.6. The van der Waals surface area contributed by atoms with Crippen LogP contribution in [0.4, 0.5) is 8.78 Å². The van der Waals surface area contributed by atoms with E-state index in [0.29, 0.717) is 11.6 Å². The first-order valence-electron chi connectivity index (χ1n) is 5.81. The molecule has 0 bridgehead atoms. The summed E-state index contributed by atoms with van der Waals surface area (Å²) in [5.74, 6) is -0.897. The molecule has 0 saturated heterocycles. The molecule has 0 aliphatic carbocycles. The first-order valence-corrected chi connectivity index (χ1v) is 6.63. The van der Waals surface area contributed by atoms with Crippen molar-refractivity contribution in [1.82, 2.24) is 10.3 Å². The average molecular weight is 268 g/mol. The Kier molecular flexibility index (Phi) is 4.38. The van der Waals surface area contributed by atoms with Gasteiger partial charge in [-0.1, -0.05) is 6.92 Å². The summed E-state index contributed by atoms with van der Waals surface area (Å²) in [5.41, 5.74) is 0.224. The molecule has 0 fully saturated rings. The molecular formula is C13H14F2N2S. The van der Waals surface area contributed by atoms with Crippen LogP contribution in [-0.2, 0) is 6.54 Å². The summed E-state index contributed by atoms with van der Waals surface area (Å²) >= 11 is 1.38. The molecule has 0 spiro atoms. The molecule has 1 N–H and O–H groups in total. The zero-order chi connectivity index (χ0) is 13.0. The molecule has 2 aromatic rings. The number of aromatic nitrogens is 1. The van der Waals surface area contributed by atoms with E-state index in [1.807, 2.05) is 0 Å². The smallest absolute Gasteiger partial charge is 0.133 e. The van der Waals surface area contributed by atoms with E-state index in [2.05, 4.69) is 17.2 Å². The van der Waals surface area contributed by atoms with Gasteiger partial charge in [0.05, 0.1) is 0 Å². The van der Waals surface area contributed by atoms with Crippen molar-refractivity contribution in [2.75, 3.05) is 6.54 Å². The van der Waals surface area contributed by atoms with Crippen molar-refractivity contribution in [3.63, 3.8) is 0 Å². The SMILES string of the molecule is CCCNCc1cnc(-c2cc(F)ccc2F)s1. The molecular weight excluding hydrogens is 254 g/mol. The van der Waals surface area contributed by atoms with Gasteiger partial charge < -0.3 is 5.32 Å². The van der Waals surface area contributed by atoms with Gasteiger partial charge >= 0.3 is 0 Å². The summed E-state index contributed by atoms with van der Waals surface area (Å²) in [6, 6.07) is 3.41. The van der Waals surface area contributed by atoms with Gasteiger partial charge in [-0.05, 0) is 31.2 Å². The molecule has 1 aromatic heterocycles. The molecule has 0 saturated carbocycles. The van der Waals surface area contributed by atoms with Crippen molar-refractivity contribution >= 4 is 11.3 Å². The molecule has 0 atom stereocenters. The average Bonchev–Trinajstić information content (AvgIpc) is 2.81. The van der Waals surface area contributed by atoms with Gasteiger partial charge in [0.15, 0.2) is 0 Å². The first kappa shape index (κ1) is 13.1. The van der Waals surface area contributed by atoms with Gasteiger partial charge in [0.2, 0.25) is 0 Å². The Balaban J connectivity index is 2.16. The second-order valence-electron chi connectivity index (χ2n) is 3.93. The molecule has 0 amide bonds. The molecule has 2 nitrogen and oxygen atoms in total. The minimum Gasteiger partial charge on any atom is -0.312 e. The molecule has 1 heterocycles. The van der Waals surface area contributed by atoms with Crippen molar-refractivity contribution in [1.29, 1.82) is 0 Å². The third-order valence-electron chi connectivity index (χ3n) is 2.44. The van der Waals surface area contributed by atoms with E-state index in [-0.39, 0.29) is 5.56 Å². The predicted molar refractivity (Wildman–Crippen MR) is 69.5 cm³/mol. The summed E-state index contributed by atoms with van der Waals surface area (Å²) in [4.78, 5) is 5.15. The largest absolute Gasteiger partial charge is 0.312 e. The summed E-state index contributed by atoms with van der Waals surface area (Å²) in [6.45, 7) is 3.73. The summed E-state index contributed by atoms with van der Waals surface area (Å²) in [7, 11) is 0. The number of halogens is 2. The summed E-state index contributed by atoms with van der Waals surface area (Å²) in [6.07, 6.45) is 2.76. The van der Waals surface area contributed by atoms with Crippen LogP contribution >= 0.6 is 11.3 Å². The van der Waals surface area contributed by atoms with Crippen LogP contribution in [0.25, 0.3) is 10.6 Å². The van der Waals surface area contributed by atoms with Crippen molar-refractivity contribution in [2.45, 2.75) is 19.9 Å². The molecule has 18 heavy (non-hydrogen) atoms. The molecule has 2 rings (SSSR count). The lowest BCUT2D eigenvalue weighted by Crippen LogP contribution is -2.12. The number of nitrogens with zero attached hydrogens (tertiary/aromatic N) is 1. The Morgan fingerprint density at radius 3 is 2.94 bits per heavy atom. The number of nitrogens with one attached hydrogen (secondary N) is 1. The van der Waals surface area contributed by atoms with Crippen molar-refractivity contribution < 1.29 is 8.78 Å². The standard InChI is InChI=1S/C13H14F2N2S/c1-2-5-16-7-10-8-17-13(18-10)11-6-9(14)3-4-12(11)15/h3-4,6,8,16H,2,5,7H2,1H3. The fraction of sp³-hybridized carbons (Fsp3) is 0.308. The first-order chi connectivity index (χ1) is 8.70. The van der Waals surface area contributed by atoms with E-state index in [1.165, 1.54) is 17.4 Å². The third-order valence-corrected chi connectivity index (χ3v) is 3.47. The highest BCUT2D eigenvalue weighted by atomic mass is 32.1. The molecule has 0 radical (unpaired) electrons. The van der Waals surface area contributed by atoms with Gasteiger partial charge in [0.25, 0.3) is 0 Å². The third kappa shape index (κ3) is 3.11. The van der Waals surface area contributed by atoms with Crippen LogP contribution in [-0.4, -0.2) is 11.5 Å². The monoisotopic (exact) mass is 268 g/mol. The lowest BCUT2D eigenvalue weighted by Gasteiger charge is -1.99. The van der Waals surface area contributed by atoms with Crippen LogP contribution in [0.2, 0.25) is 0 Å². The van der Waals surface area contributed by atoms with Crippen LogP contribution < -0.4 is 5.32 Å². The molecule has 0 aliphatic rings. The lowest BCUT2D eigenvalue weighted by atomic mass is 10.2. The quantitative estimate of drug-likeness (QED) is 0.838. The van der Waals surface area contributed by atoms with Crippen molar-refractivity contribution in [2.24, 2.45) is 0 Å². The number of hydrogen-bond donors (Lipinski definition) is 1. The van der Waals surface area contributed by atoms with E-state index in [9.17, 15) is 8.78 Å². The normalized spacial score (nSPS) is 10.8. The Hall–Kier alpha value is -1.33. The second-order valence-corrected chi connectivity index (χ2v) is 5.05. The minimum absolute atomic E-state index is 0.224. The molecule has 1 aromatic carbocycles. The highest BCUT2D eigenvalue weighted by Crippen LogP contribution is 2.28. The lowest BCUT2D eigenvalue weighted by molar-refractivity contribution is 0.603. The minimum atomic E-state index is -0.452. The van der Waals surface area contributed by atoms with Gasteiger partial charge in [-0.15, -0.1) is 11.3 Å². The topological polar surface area (TPSA) is 24.9 Å². The molecule has 0 unspecified atom stereocenters. The van der Waals surface area contributed by atoms with Gasteiger partial charge in [-0.2, -0.15) is 0 Å². The van der Waals surface area contributed by atoms with Gasteiger partial charge in [0, 0.05) is 23.2 Å². The van der Waals surface area contributed by atoms with Crippen LogP contribution in [0, 0.1) is 11.6 Å². The van der Waals surface area contributed by atoms with E-state index >= 15 is 0 Å². The highest BCUT2D eigenvalue weighted by molar-refractivity contribution is 7.15. The number of hydrogen-bond acceptors (Lipinski definition) is 3. The van der Waals surface area contributed by atoms with Crippen LogP contribution in [0.5, 0.6) is 0 Å². The van der Waals surface area contributed by atoms with Crippen LogP contribution in [0.1, 0.15) is 18.2 Å². The fourth-order valence-electron chi connectivity index (χ4n) is 1.56. The van der Waals surface area contributed by atoms with Crippen molar-refractivity contribution in [3.8, 4) is 10.6 Å². The Morgan fingerprint density at radius 2 is 2.17 bits per heavy atom. The van der Waals surface area contributed by atoms with Gasteiger partial charge in [-0.3, -0.25) is 0 Å². The summed E-state index contributed by atoms with van der Waals surface area (Å²) in [5, 5.41) is 3.76. The fourth-order valence-corrected chi connectivity index (χ4v) is 2.46. The van der Waals surface area contributed by atoms with E-state index in [1.54, 1.807) is 6.20 Å². The highest BCUT2D eigenvalue weighted by Gasteiger charge is 2.10. The number of benzene rings is 1. The predicted octanol–water partition coefficient (Wildman–Crippen LogP) is 3.59. The van der Waals surface area contributed by atoms with Crippen LogP contribution in [0.3, 0.4) is 0 Å². The maximum atomic E-state index is 13.6. The zero-order valence-electron chi connectivity index (χ0n) is 10.0. The number of thiazole rings is 1. The maximum Gasteiger partial charge on any atom is 0.133 e. The Morgan fingerprint density at radius 1 is 1.33 bits per heavy atom. The van der Waals surface area contributed by atoms with Gasteiger partial charge in [-0.25, -0.2) is 13.8 Å². The Labute approximate surface area is 109 Å². The van der Waals surface area contributed by atoms with Gasteiger partial charge in [0.1, 0.15) is 16.6 Å². The molecule has 5 heteroatoms. The number of rotatable bonds is 5. The molecule has 96 valence electrons. The maximum absolute atomic E-state index is 13.6. The Bertz CT molecular complexity index is 525. The second kappa shape index (κ2) is 6.02. The van der Waals surface area contributed by atoms with Crippen LogP contribution in [0.15, 0.2) is 24.4 Å². The van der Waals surface area contributed by atoms with E-state index < -0.39 is 11.6 Å². The van der Waals surface area contributed by atoms with Crippen molar-refractivity contribution in [3.05, 3.63) is 40.9 Å². The molecule has 0 aliphatic heterocycles. The van der Waals surface area contributed by atoms with E-state index in [4.69, 9.17) is 0 Å². The van der Waals surface area contributed by atoms with E-state index in [0.717, 1.165) is 30.0 Å².